The van der Waals surface area contributed by atoms with Gasteiger partial charge in [-0.05, 0) is 42.2 Å². The second kappa shape index (κ2) is 8.33. The van der Waals surface area contributed by atoms with E-state index in [0.717, 1.165) is 43.1 Å². The van der Waals surface area contributed by atoms with Gasteiger partial charge in [-0.1, -0.05) is 38.1 Å². The van der Waals surface area contributed by atoms with Crippen LogP contribution in [0.4, 0.5) is 0 Å². The quantitative estimate of drug-likeness (QED) is 0.863. The van der Waals surface area contributed by atoms with Crippen molar-refractivity contribution in [2.45, 2.75) is 52.2 Å². The number of hydrogen-bond donors (Lipinski definition) is 1. The first-order chi connectivity index (χ1) is 12.1. The lowest BCUT2D eigenvalue weighted by Gasteiger charge is -2.34. The molecule has 3 rings (SSSR count). The van der Waals surface area contributed by atoms with Gasteiger partial charge in [0.2, 0.25) is 5.91 Å². The molecule has 1 amide bonds. The molecule has 1 saturated heterocycles. The molecular weight excluding hydrogens is 312 g/mol. The van der Waals surface area contributed by atoms with Gasteiger partial charge >= 0.3 is 0 Å². The van der Waals surface area contributed by atoms with E-state index in [1.165, 1.54) is 19.4 Å². The summed E-state index contributed by atoms with van der Waals surface area (Å²) in [6.45, 7) is 8.68. The maximum atomic E-state index is 12.8. The van der Waals surface area contributed by atoms with E-state index in [1.807, 2.05) is 24.3 Å². The molecule has 0 spiro atoms. The largest absolute Gasteiger partial charge is 0.392 e. The number of rotatable bonds is 6. The van der Waals surface area contributed by atoms with Crippen LogP contribution in [0.25, 0.3) is 0 Å². The van der Waals surface area contributed by atoms with Gasteiger partial charge < -0.3 is 10.0 Å². The monoisotopic (exact) mass is 344 g/mol. The lowest BCUT2D eigenvalue weighted by Crippen LogP contribution is -2.46. The summed E-state index contributed by atoms with van der Waals surface area (Å²) in [6.07, 6.45) is 4.30. The number of carbonyl (C=O) groups is 1. The fourth-order valence-electron chi connectivity index (χ4n) is 3.83. The minimum atomic E-state index is 0.0489. The molecule has 1 aliphatic carbocycles. The van der Waals surface area contributed by atoms with Crippen molar-refractivity contribution in [2.24, 2.45) is 11.8 Å². The van der Waals surface area contributed by atoms with Crippen molar-refractivity contribution in [3.8, 4) is 0 Å². The van der Waals surface area contributed by atoms with Gasteiger partial charge in [-0.2, -0.15) is 0 Å². The van der Waals surface area contributed by atoms with E-state index in [4.69, 9.17) is 5.11 Å². The summed E-state index contributed by atoms with van der Waals surface area (Å²) in [7, 11) is 0. The van der Waals surface area contributed by atoms with Gasteiger partial charge in [0.1, 0.15) is 0 Å². The minimum absolute atomic E-state index is 0.0489. The van der Waals surface area contributed by atoms with E-state index in [0.29, 0.717) is 18.4 Å². The summed E-state index contributed by atoms with van der Waals surface area (Å²) in [6, 6.07) is 8.20. The Balaban J connectivity index is 1.62. The lowest BCUT2D eigenvalue weighted by atomic mass is 10.0. The van der Waals surface area contributed by atoms with Gasteiger partial charge in [-0.3, -0.25) is 9.69 Å². The molecule has 1 aromatic carbocycles. The first kappa shape index (κ1) is 18.4. The number of aliphatic hydroxyl groups excluding tert-OH is 1. The Kier molecular flexibility index (Phi) is 6.13. The second-order valence-corrected chi connectivity index (χ2v) is 8.09. The SMILES string of the molecule is CC(C)[C@H]1CN(C(=O)Cc2ccc(CO)cc2)CCCN1CC1CC1. The summed E-state index contributed by atoms with van der Waals surface area (Å²) in [5, 5.41) is 9.14. The molecule has 1 aliphatic heterocycles. The molecule has 0 aromatic heterocycles. The third-order valence-corrected chi connectivity index (χ3v) is 5.62. The zero-order valence-corrected chi connectivity index (χ0v) is 15.7. The van der Waals surface area contributed by atoms with E-state index in [-0.39, 0.29) is 12.5 Å². The highest BCUT2D eigenvalue weighted by Crippen LogP contribution is 2.31. The molecule has 0 radical (unpaired) electrons. The van der Waals surface area contributed by atoms with Gasteiger partial charge in [-0.15, -0.1) is 0 Å². The molecule has 1 saturated carbocycles. The van der Waals surface area contributed by atoms with Gasteiger partial charge in [0.25, 0.3) is 0 Å². The third-order valence-electron chi connectivity index (χ3n) is 5.62. The van der Waals surface area contributed by atoms with Crippen LogP contribution >= 0.6 is 0 Å². The van der Waals surface area contributed by atoms with Crippen molar-refractivity contribution in [1.29, 1.82) is 0 Å². The highest BCUT2D eigenvalue weighted by atomic mass is 16.3. The second-order valence-electron chi connectivity index (χ2n) is 8.09. The fourth-order valence-corrected chi connectivity index (χ4v) is 3.83. The Hall–Kier alpha value is -1.39. The third kappa shape index (κ3) is 5.05. The highest BCUT2D eigenvalue weighted by molar-refractivity contribution is 5.78. The molecule has 1 heterocycles. The Labute approximate surface area is 151 Å². The summed E-state index contributed by atoms with van der Waals surface area (Å²) in [4.78, 5) is 17.6. The minimum Gasteiger partial charge on any atom is -0.392 e. The van der Waals surface area contributed by atoms with E-state index >= 15 is 0 Å². The molecule has 0 unspecified atom stereocenters. The molecule has 0 bridgehead atoms. The molecule has 138 valence electrons. The number of carbonyl (C=O) groups excluding carboxylic acids is 1. The maximum absolute atomic E-state index is 12.8. The van der Waals surface area contributed by atoms with Crippen LogP contribution in [-0.4, -0.2) is 53.0 Å². The smallest absolute Gasteiger partial charge is 0.227 e. The number of aliphatic hydroxyl groups is 1. The van der Waals surface area contributed by atoms with E-state index in [2.05, 4.69) is 23.6 Å². The highest BCUT2D eigenvalue weighted by Gasteiger charge is 2.33. The van der Waals surface area contributed by atoms with Gasteiger partial charge in [0.15, 0.2) is 0 Å². The zero-order valence-electron chi connectivity index (χ0n) is 15.7. The number of benzene rings is 1. The van der Waals surface area contributed by atoms with Crippen LogP contribution in [0, 0.1) is 11.8 Å². The molecule has 2 aliphatic rings. The molecule has 1 aromatic rings. The summed E-state index contributed by atoms with van der Waals surface area (Å²) in [5.41, 5.74) is 1.92. The Morgan fingerprint density at radius 1 is 1.16 bits per heavy atom. The number of hydrogen-bond acceptors (Lipinski definition) is 3. The Morgan fingerprint density at radius 2 is 1.84 bits per heavy atom. The molecule has 4 heteroatoms. The van der Waals surface area contributed by atoms with E-state index in [9.17, 15) is 4.79 Å². The van der Waals surface area contributed by atoms with Crippen LogP contribution in [0.1, 0.15) is 44.2 Å². The first-order valence-corrected chi connectivity index (χ1v) is 9.77. The van der Waals surface area contributed by atoms with Gasteiger partial charge in [0.05, 0.1) is 13.0 Å². The van der Waals surface area contributed by atoms with Crippen LogP contribution in [0.5, 0.6) is 0 Å². The van der Waals surface area contributed by atoms with Crippen LogP contribution in [0.15, 0.2) is 24.3 Å². The molecule has 4 nitrogen and oxygen atoms in total. The number of amides is 1. The van der Waals surface area contributed by atoms with Gasteiger partial charge in [-0.25, -0.2) is 0 Å². The van der Waals surface area contributed by atoms with Crippen molar-refractivity contribution in [2.75, 3.05) is 26.2 Å². The molecule has 1 atom stereocenters. The van der Waals surface area contributed by atoms with Crippen molar-refractivity contribution >= 4 is 5.91 Å². The van der Waals surface area contributed by atoms with E-state index < -0.39 is 0 Å². The zero-order chi connectivity index (χ0) is 17.8. The Morgan fingerprint density at radius 3 is 2.44 bits per heavy atom. The van der Waals surface area contributed by atoms with Gasteiger partial charge in [0, 0.05) is 32.2 Å². The molecule has 25 heavy (non-hydrogen) atoms. The van der Waals surface area contributed by atoms with Crippen molar-refractivity contribution in [3.63, 3.8) is 0 Å². The van der Waals surface area contributed by atoms with Crippen LogP contribution in [-0.2, 0) is 17.8 Å². The summed E-state index contributed by atoms with van der Waals surface area (Å²) < 4.78 is 0. The predicted octanol–water partition coefficient (Wildman–Crippen LogP) is 2.69. The van der Waals surface area contributed by atoms with Crippen LogP contribution in [0.2, 0.25) is 0 Å². The summed E-state index contributed by atoms with van der Waals surface area (Å²) >= 11 is 0. The van der Waals surface area contributed by atoms with Crippen molar-refractivity contribution in [1.82, 2.24) is 9.80 Å². The van der Waals surface area contributed by atoms with Crippen molar-refractivity contribution < 1.29 is 9.90 Å². The fraction of sp³-hybridized carbons (Fsp3) is 0.667. The standard InChI is InChI=1S/C21H32N2O2/c1-16(2)20-14-23(11-3-10-22(20)13-18-6-7-18)21(25)12-17-4-8-19(15-24)9-5-17/h4-5,8-9,16,18,20,24H,3,6-7,10-15H2,1-2H3/t20-/m1/s1. The summed E-state index contributed by atoms with van der Waals surface area (Å²) in [5.74, 6) is 1.69. The molecular formula is C21H32N2O2. The average Bonchev–Trinajstić information content (AvgIpc) is 3.43. The Bertz CT molecular complexity index is 566. The molecule has 1 N–H and O–H groups in total. The van der Waals surface area contributed by atoms with E-state index in [1.54, 1.807) is 0 Å². The molecule has 2 fully saturated rings. The predicted molar refractivity (Wildman–Crippen MR) is 100 cm³/mol. The average molecular weight is 344 g/mol. The maximum Gasteiger partial charge on any atom is 0.227 e. The normalized spacial score (nSPS) is 22.2. The first-order valence-electron chi connectivity index (χ1n) is 9.77. The van der Waals surface area contributed by atoms with Crippen molar-refractivity contribution in [3.05, 3.63) is 35.4 Å². The number of nitrogens with zero attached hydrogens (tertiary/aromatic N) is 2. The van der Waals surface area contributed by atoms with Crippen LogP contribution < -0.4 is 0 Å². The van der Waals surface area contributed by atoms with Crippen LogP contribution in [0.3, 0.4) is 0 Å². The lowest BCUT2D eigenvalue weighted by molar-refractivity contribution is -0.131. The topological polar surface area (TPSA) is 43.8 Å².